The number of hydrogen-bond acceptors (Lipinski definition) is 6. The summed E-state index contributed by atoms with van der Waals surface area (Å²) in [6.07, 6.45) is 102. The predicted octanol–water partition coefficient (Wildman–Crippen LogP) is 27.3. The lowest BCUT2D eigenvalue weighted by atomic mass is 9.95. The maximum absolute atomic E-state index is 10.4. The van der Waals surface area contributed by atoms with Crippen LogP contribution in [0.4, 0.5) is 0 Å². The van der Waals surface area contributed by atoms with Crippen LogP contribution in [0, 0.1) is 11.8 Å². The molecule has 6 heteroatoms. The van der Waals surface area contributed by atoms with Gasteiger partial charge < -0.3 is 0 Å². The smallest absolute Gasteiger partial charge is 0.198 e. The van der Waals surface area contributed by atoms with E-state index in [0.717, 1.165) is 37.5 Å². The Kier molecular flexibility index (Phi) is 77.9. The largest absolute Gasteiger partial charge is 0.291 e. The summed E-state index contributed by atoms with van der Waals surface area (Å²) in [5.41, 5.74) is 0. The van der Waals surface area contributed by atoms with Crippen LogP contribution in [0.25, 0.3) is 0 Å². The monoisotopic (exact) mass is 1210 g/mol. The molecule has 4 nitrogen and oxygen atoms in total. The zero-order chi connectivity index (χ0) is 60.3. The van der Waals surface area contributed by atoms with E-state index < -0.39 is 0 Å². The quantitative estimate of drug-likeness (QED) is 0.0446. The van der Waals surface area contributed by atoms with E-state index in [2.05, 4.69) is 21.6 Å². The van der Waals surface area contributed by atoms with Gasteiger partial charge in [0.05, 0.1) is 0 Å². The normalized spacial score (nSPS) is 12.3. The Morgan fingerprint density at radius 1 is 0.155 bits per heavy atom. The number of rotatable bonds is 79. The molecule has 0 aromatic carbocycles. The highest BCUT2D eigenvalue weighted by Gasteiger charge is 2.13. The fourth-order valence-electron chi connectivity index (χ4n) is 13.0. The standard InChI is InChI=1S/C78H146O4S2/c79-71-63-55-47-39-31-23-15-7-1-3-11-19-27-35-43-51-59-67-77(69-61-53-45-37-29-21-13-5-9-17-25-33-41-49-57-65-73-81)75-83-84-76-78(70-62-54-46-38-30-22-14-6-10-18-26-34-42-50-58-66-74-82)68-60-52-44-36-28-20-12-4-2-8-16-24-32-40-48-56-64-72-80/h77-78H,1-70,75-76H2. The Morgan fingerprint density at radius 3 is 0.381 bits per heavy atom. The van der Waals surface area contributed by atoms with Gasteiger partial charge in [0.15, 0.2) is 25.1 Å². The second-order valence-corrected chi connectivity index (χ2v) is 29.5. The maximum atomic E-state index is 10.4. The molecule has 84 heavy (non-hydrogen) atoms. The van der Waals surface area contributed by atoms with Crippen molar-refractivity contribution in [1.29, 1.82) is 0 Å². The summed E-state index contributed by atoms with van der Waals surface area (Å²) >= 11 is 0. The van der Waals surface area contributed by atoms with Gasteiger partial charge in [0, 0.05) is 37.2 Å². The third-order valence-corrected chi connectivity index (χ3v) is 21.5. The Bertz CT molecular complexity index is 1140. The van der Waals surface area contributed by atoms with Crippen molar-refractivity contribution < 1.29 is 19.2 Å². The van der Waals surface area contributed by atoms with E-state index in [1.807, 2.05) is 25.1 Å². The van der Waals surface area contributed by atoms with Crippen LogP contribution in [-0.2, 0) is 19.2 Å². The first-order valence-electron chi connectivity index (χ1n) is 38.4. The molecule has 0 amide bonds. The molecule has 0 spiro atoms. The van der Waals surface area contributed by atoms with Crippen molar-refractivity contribution in [1.82, 2.24) is 0 Å². The summed E-state index contributed by atoms with van der Waals surface area (Å²) in [6, 6.07) is 0. The fraction of sp³-hybridized carbons (Fsp3) is 0.949. The molecule has 0 bridgehead atoms. The van der Waals surface area contributed by atoms with Gasteiger partial charge in [0.25, 0.3) is 0 Å². The minimum Gasteiger partial charge on any atom is -0.291 e. The molecule has 0 fully saturated rings. The van der Waals surface area contributed by atoms with Gasteiger partial charge in [0.1, 0.15) is 0 Å². The molecule has 0 aliphatic rings. The van der Waals surface area contributed by atoms with Crippen LogP contribution < -0.4 is 0 Å². The molecule has 0 saturated carbocycles. The first kappa shape index (κ1) is 83.4. The van der Waals surface area contributed by atoms with Crippen LogP contribution in [0.1, 0.15) is 449 Å². The fourth-order valence-corrected chi connectivity index (χ4v) is 16.0. The van der Waals surface area contributed by atoms with E-state index >= 15 is 0 Å². The molecule has 494 valence electrons. The molecule has 4 radical (unpaired) electrons. The van der Waals surface area contributed by atoms with Crippen molar-refractivity contribution in [3.05, 3.63) is 0 Å². The number of hydrogen-bond donors (Lipinski definition) is 0. The average molecular weight is 1210 g/mol. The second kappa shape index (κ2) is 78.5. The van der Waals surface area contributed by atoms with Crippen molar-refractivity contribution in [3.8, 4) is 0 Å². The lowest BCUT2D eigenvalue weighted by Crippen LogP contribution is -2.06. The van der Waals surface area contributed by atoms with Crippen molar-refractivity contribution in [3.63, 3.8) is 0 Å². The molecule has 0 rings (SSSR count). The molecule has 2 atom stereocenters. The van der Waals surface area contributed by atoms with Crippen LogP contribution in [-0.4, -0.2) is 36.7 Å². The third kappa shape index (κ3) is 73.8. The van der Waals surface area contributed by atoms with E-state index in [0.29, 0.717) is 25.7 Å². The van der Waals surface area contributed by atoms with Crippen molar-refractivity contribution in [2.45, 2.75) is 449 Å². The summed E-state index contributed by atoms with van der Waals surface area (Å²) < 4.78 is 0. The zero-order valence-corrected chi connectivity index (χ0v) is 58.1. The second-order valence-electron chi connectivity index (χ2n) is 27.0. The van der Waals surface area contributed by atoms with Crippen molar-refractivity contribution in [2.24, 2.45) is 11.8 Å². The highest BCUT2D eigenvalue weighted by atomic mass is 33.1. The molecule has 0 aromatic rings. The molecule has 0 aliphatic heterocycles. The Hall–Kier alpha value is -0.620. The van der Waals surface area contributed by atoms with E-state index in [-0.39, 0.29) is 0 Å². The summed E-state index contributed by atoms with van der Waals surface area (Å²) in [4.78, 5) is 41.5. The summed E-state index contributed by atoms with van der Waals surface area (Å²) in [6.45, 7) is 0. The van der Waals surface area contributed by atoms with Crippen LogP contribution in [0.2, 0.25) is 0 Å². The summed E-state index contributed by atoms with van der Waals surface area (Å²) in [7, 11) is 4.54. The predicted molar refractivity (Wildman–Crippen MR) is 378 cm³/mol. The Labute approximate surface area is 535 Å². The third-order valence-electron chi connectivity index (χ3n) is 18.8. The van der Waals surface area contributed by atoms with Gasteiger partial charge in [-0.3, -0.25) is 19.2 Å². The summed E-state index contributed by atoms with van der Waals surface area (Å²) in [5, 5.41) is 0. The van der Waals surface area contributed by atoms with Gasteiger partial charge in [-0.25, -0.2) is 0 Å². The lowest BCUT2D eigenvalue weighted by Gasteiger charge is -2.19. The molecular formula is C78H146O4S2. The number of carbonyl (C=O) groups excluding carboxylic acids is 4. The molecule has 2 unspecified atom stereocenters. The Morgan fingerprint density at radius 2 is 0.262 bits per heavy atom. The minimum absolute atomic E-state index is 0.626. The molecule has 0 heterocycles. The minimum atomic E-state index is 0.626. The molecule has 0 aliphatic carbocycles. The first-order chi connectivity index (χ1) is 41.8. The van der Waals surface area contributed by atoms with E-state index in [1.165, 1.54) is 410 Å². The average Bonchev–Trinajstić information content (AvgIpc) is 3.50. The van der Waals surface area contributed by atoms with Gasteiger partial charge in [-0.15, -0.1) is 0 Å². The molecule has 0 N–H and O–H groups in total. The van der Waals surface area contributed by atoms with Crippen molar-refractivity contribution in [2.75, 3.05) is 11.5 Å². The van der Waals surface area contributed by atoms with E-state index in [4.69, 9.17) is 0 Å². The number of unbranched alkanes of at least 4 members (excludes halogenated alkanes) is 62. The highest BCUT2D eigenvalue weighted by molar-refractivity contribution is 8.76. The zero-order valence-electron chi connectivity index (χ0n) is 56.5. The topological polar surface area (TPSA) is 68.3 Å². The van der Waals surface area contributed by atoms with E-state index in [9.17, 15) is 19.2 Å². The molecule has 0 saturated heterocycles. The van der Waals surface area contributed by atoms with Crippen LogP contribution in [0.3, 0.4) is 0 Å². The van der Waals surface area contributed by atoms with Crippen LogP contribution in [0.5, 0.6) is 0 Å². The van der Waals surface area contributed by atoms with Gasteiger partial charge in [0.2, 0.25) is 0 Å². The lowest BCUT2D eigenvalue weighted by molar-refractivity contribution is 0.434. The van der Waals surface area contributed by atoms with Gasteiger partial charge in [-0.1, -0.05) is 394 Å². The first-order valence-corrected chi connectivity index (χ1v) is 40.9. The Balaban J connectivity index is 4.78. The van der Waals surface area contributed by atoms with Crippen molar-refractivity contribution >= 4 is 46.7 Å². The van der Waals surface area contributed by atoms with Crippen LogP contribution >= 0.6 is 21.6 Å². The van der Waals surface area contributed by atoms with Gasteiger partial charge >= 0.3 is 0 Å². The maximum Gasteiger partial charge on any atom is 0.198 e. The van der Waals surface area contributed by atoms with Gasteiger partial charge in [-0.2, -0.15) is 0 Å². The molecule has 0 aromatic heterocycles. The molecular weight excluding hydrogens is 1060 g/mol. The van der Waals surface area contributed by atoms with E-state index in [1.54, 1.807) is 0 Å². The van der Waals surface area contributed by atoms with Crippen LogP contribution in [0.15, 0.2) is 0 Å². The highest BCUT2D eigenvalue weighted by Crippen LogP contribution is 2.34. The van der Waals surface area contributed by atoms with Gasteiger partial charge in [-0.05, 0) is 63.2 Å². The summed E-state index contributed by atoms with van der Waals surface area (Å²) in [5.74, 6) is 4.57. The SMILES string of the molecule is O=[C]CCCCCCCCCCCCCCCCCCC(CCCCCCCCCCCCCCCCC[C]=O)CSSCC(CCCCCCCCCCCCCCCCC[C]=O)CCCCCCCCCCCCCCCCCC[C]=O.